The molecule has 1 aliphatic heterocycles. The maximum Gasteiger partial charge on any atom is 0.247 e. The molecule has 0 aromatic carbocycles. The van der Waals surface area contributed by atoms with Gasteiger partial charge in [0.25, 0.3) is 0 Å². The van der Waals surface area contributed by atoms with E-state index in [0.717, 1.165) is 5.01 Å². The second-order valence-electron chi connectivity index (χ2n) is 3.01. The standard InChI is InChI=1S/C8H12N5/c1-3-13(12(6-9)7-10)5-4-11(2)8-13/h4-5H,3,8H2,1-2H3/q+1. The van der Waals surface area contributed by atoms with Crippen LogP contribution in [0.3, 0.4) is 0 Å². The lowest BCUT2D eigenvalue weighted by Gasteiger charge is -2.31. The van der Waals surface area contributed by atoms with Crippen molar-refractivity contribution < 1.29 is 4.59 Å². The van der Waals surface area contributed by atoms with Gasteiger partial charge < -0.3 is 4.90 Å². The summed E-state index contributed by atoms with van der Waals surface area (Å²) in [5.74, 6) is 0. The molecule has 1 heterocycles. The van der Waals surface area contributed by atoms with Gasteiger partial charge in [0.05, 0.1) is 6.20 Å². The zero-order chi connectivity index (χ0) is 9.90. The maximum atomic E-state index is 8.75. The van der Waals surface area contributed by atoms with Crippen LogP contribution in [-0.2, 0) is 0 Å². The lowest BCUT2D eigenvalue weighted by Crippen LogP contribution is -2.52. The minimum atomic E-state index is 0.267. The molecule has 5 nitrogen and oxygen atoms in total. The Labute approximate surface area is 77.8 Å². The molecule has 1 aliphatic rings. The molecule has 0 amide bonds. The third-order valence-electron chi connectivity index (χ3n) is 2.20. The largest absolute Gasteiger partial charge is 0.327 e. The van der Waals surface area contributed by atoms with E-state index in [1.54, 1.807) is 0 Å². The molecule has 0 spiro atoms. The normalized spacial score (nSPS) is 25.4. The Morgan fingerprint density at radius 2 is 2.15 bits per heavy atom. The molecule has 0 radical (unpaired) electrons. The quantitative estimate of drug-likeness (QED) is 0.348. The molecule has 0 aromatic rings. The van der Waals surface area contributed by atoms with Crippen molar-refractivity contribution in [1.29, 1.82) is 10.5 Å². The Kier molecular flexibility index (Phi) is 2.41. The summed E-state index contributed by atoms with van der Waals surface area (Å²) in [4.78, 5) is 1.95. The average molecular weight is 178 g/mol. The highest BCUT2D eigenvalue weighted by Crippen LogP contribution is 2.19. The van der Waals surface area contributed by atoms with Crippen LogP contribution in [0.1, 0.15) is 6.92 Å². The van der Waals surface area contributed by atoms with E-state index < -0.39 is 0 Å². The van der Waals surface area contributed by atoms with Gasteiger partial charge in [-0.05, 0) is 11.9 Å². The number of hydrogen-bond acceptors (Lipinski definition) is 4. The van der Waals surface area contributed by atoms with Crippen LogP contribution in [-0.4, -0.2) is 34.8 Å². The molecule has 68 valence electrons. The van der Waals surface area contributed by atoms with E-state index in [1.807, 2.05) is 43.7 Å². The Bertz CT molecular complexity index is 283. The first-order valence-corrected chi connectivity index (χ1v) is 4.05. The van der Waals surface area contributed by atoms with Gasteiger partial charge in [-0.25, -0.2) is 0 Å². The first-order chi connectivity index (χ1) is 6.18. The zero-order valence-corrected chi connectivity index (χ0v) is 7.80. The smallest absolute Gasteiger partial charge is 0.247 e. The second kappa shape index (κ2) is 3.34. The van der Waals surface area contributed by atoms with E-state index in [2.05, 4.69) is 0 Å². The lowest BCUT2D eigenvalue weighted by molar-refractivity contribution is -0.972. The molecule has 0 fully saturated rings. The van der Waals surface area contributed by atoms with E-state index in [0.29, 0.717) is 13.2 Å². The van der Waals surface area contributed by atoms with Crippen LogP contribution in [0.2, 0.25) is 0 Å². The van der Waals surface area contributed by atoms with Gasteiger partial charge in [-0.1, -0.05) is 0 Å². The lowest BCUT2D eigenvalue weighted by atomic mass is 10.6. The van der Waals surface area contributed by atoms with Crippen molar-refractivity contribution in [3.8, 4) is 12.4 Å². The molecule has 0 bridgehead atoms. The van der Waals surface area contributed by atoms with E-state index in [1.165, 1.54) is 0 Å². The highest BCUT2D eigenvalue weighted by Gasteiger charge is 2.36. The molecule has 0 N–H and O–H groups in total. The fraction of sp³-hybridized carbons (Fsp3) is 0.500. The van der Waals surface area contributed by atoms with Crippen molar-refractivity contribution in [3.63, 3.8) is 0 Å². The SMILES string of the molecule is CC[N+]1(N(C#N)C#N)C=CN(C)C1. The minimum absolute atomic E-state index is 0.267. The highest BCUT2D eigenvalue weighted by atomic mass is 15.8. The minimum Gasteiger partial charge on any atom is -0.327 e. The molecule has 0 aliphatic carbocycles. The maximum absolute atomic E-state index is 8.75. The first kappa shape index (κ1) is 9.37. The van der Waals surface area contributed by atoms with Gasteiger partial charge in [-0.2, -0.15) is 15.1 Å². The molecule has 0 saturated carbocycles. The van der Waals surface area contributed by atoms with Crippen molar-refractivity contribution in [3.05, 3.63) is 12.4 Å². The van der Waals surface area contributed by atoms with Crippen LogP contribution in [0, 0.1) is 22.9 Å². The topological polar surface area (TPSA) is 54.1 Å². The summed E-state index contributed by atoms with van der Waals surface area (Å²) in [6.45, 7) is 3.28. The summed E-state index contributed by atoms with van der Waals surface area (Å²) in [6, 6.07) is 0. The molecule has 1 rings (SSSR count). The second-order valence-corrected chi connectivity index (χ2v) is 3.01. The van der Waals surface area contributed by atoms with Crippen molar-refractivity contribution in [1.82, 2.24) is 9.91 Å². The van der Waals surface area contributed by atoms with E-state index in [9.17, 15) is 0 Å². The van der Waals surface area contributed by atoms with Crippen molar-refractivity contribution >= 4 is 0 Å². The summed E-state index contributed by atoms with van der Waals surface area (Å²) >= 11 is 0. The Morgan fingerprint density at radius 1 is 1.54 bits per heavy atom. The van der Waals surface area contributed by atoms with Crippen LogP contribution < -0.4 is 0 Å². The third-order valence-corrected chi connectivity index (χ3v) is 2.20. The van der Waals surface area contributed by atoms with Crippen LogP contribution in [0.25, 0.3) is 0 Å². The molecule has 1 unspecified atom stereocenters. The molecule has 0 saturated heterocycles. The van der Waals surface area contributed by atoms with Crippen LogP contribution in [0.4, 0.5) is 0 Å². The number of rotatable bonds is 2. The molecule has 13 heavy (non-hydrogen) atoms. The zero-order valence-electron chi connectivity index (χ0n) is 7.80. The molecule has 0 aromatic heterocycles. The van der Waals surface area contributed by atoms with Crippen molar-refractivity contribution in [2.75, 3.05) is 20.3 Å². The van der Waals surface area contributed by atoms with Crippen LogP contribution in [0.5, 0.6) is 0 Å². The van der Waals surface area contributed by atoms with Gasteiger partial charge in [-0.15, -0.1) is 0 Å². The predicted molar refractivity (Wildman–Crippen MR) is 45.6 cm³/mol. The summed E-state index contributed by atoms with van der Waals surface area (Å²) in [6.07, 6.45) is 7.48. The summed E-state index contributed by atoms with van der Waals surface area (Å²) in [5.41, 5.74) is 0. The average Bonchev–Trinajstić information content (AvgIpc) is 2.51. The fourth-order valence-corrected chi connectivity index (χ4v) is 1.40. The van der Waals surface area contributed by atoms with Crippen LogP contribution >= 0.6 is 0 Å². The van der Waals surface area contributed by atoms with E-state index >= 15 is 0 Å². The van der Waals surface area contributed by atoms with Gasteiger partial charge in [0.15, 0.2) is 6.67 Å². The molecule has 1 atom stereocenters. The number of quaternary nitrogens is 1. The summed E-state index contributed by atoms with van der Waals surface area (Å²) in [7, 11) is 1.92. The number of hydrogen-bond donors (Lipinski definition) is 0. The van der Waals surface area contributed by atoms with Crippen LogP contribution in [0.15, 0.2) is 12.4 Å². The van der Waals surface area contributed by atoms with Gasteiger partial charge in [0.2, 0.25) is 12.4 Å². The van der Waals surface area contributed by atoms with Crippen molar-refractivity contribution in [2.45, 2.75) is 6.92 Å². The predicted octanol–water partition coefficient (Wildman–Crippen LogP) is 0.376. The van der Waals surface area contributed by atoms with Gasteiger partial charge in [-0.3, -0.25) is 0 Å². The third kappa shape index (κ3) is 1.42. The first-order valence-electron chi connectivity index (χ1n) is 4.05. The van der Waals surface area contributed by atoms with Gasteiger partial charge >= 0.3 is 0 Å². The monoisotopic (exact) mass is 178 g/mol. The van der Waals surface area contributed by atoms with Crippen molar-refractivity contribution in [2.24, 2.45) is 0 Å². The number of nitriles is 2. The summed E-state index contributed by atoms with van der Waals surface area (Å²) in [5, 5.41) is 18.6. The fourth-order valence-electron chi connectivity index (χ4n) is 1.40. The molecule has 5 heteroatoms. The van der Waals surface area contributed by atoms with E-state index in [-0.39, 0.29) is 4.59 Å². The number of nitrogens with zero attached hydrogens (tertiary/aromatic N) is 5. The Hall–Kier alpha value is -1.72. The van der Waals surface area contributed by atoms with Gasteiger partial charge in [0, 0.05) is 7.05 Å². The molecular weight excluding hydrogens is 166 g/mol. The molecular formula is C8H12N5+. The van der Waals surface area contributed by atoms with E-state index in [4.69, 9.17) is 10.5 Å². The summed E-state index contributed by atoms with van der Waals surface area (Å²) < 4.78 is 0.267. The van der Waals surface area contributed by atoms with Gasteiger partial charge in [0.1, 0.15) is 12.7 Å². The highest BCUT2D eigenvalue weighted by molar-refractivity contribution is 4.86. The Balaban J connectivity index is 2.92. The Morgan fingerprint density at radius 3 is 2.46 bits per heavy atom.